The maximum Gasteiger partial charge on any atom is 0.189 e. The van der Waals surface area contributed by atoms with E-state index in [1.807, 2.05) is 0 Å². The van der Waals surface area contributed by atoms with E-state index in [0.29, 0.717) is 6.61 Å². The number of ketones is 1. The molecule has 0 unspecified atom stereocenters. The first-order valence-electron chi connectivity index (χ1n) is 13.3. The van der Waals surface area contributed by atoms with Gasteiger partial charge in [0.25, 0.3) is 0 Å². The second kappa shape index (κ2) is 23.6. The first-order valence-corrected chi connectivity index (χ1v) is 13.3. The molecule has 0 amide bonds. The van der Waals surface area contributed by atoms with E-state index >= 15 is 0 Å². The highest BCUT2D eigenvalue weighted by Gasteiger charge is 2.29. The minimum absolute atomic E-state index is 0.296. The molecule has 0 rings (SSSR count). The van der Waals surface area contributed by atoms with Crippen molar-refractivity contribution >= 4 is 5.78 Å². The van der Waals surface area contributed by atoms with Gasteiger partial charge in [0.05, 0.1) is 6.61 Å². The van der Waals surface area contributed by atoms with E-state index in [2.05, 4.69) is 6.92 Å². The third-order valence-corrected chi connectivity index (χ3v) is 6.12. The highest BCUT2D eigenvalue weighted by molar-refractivity contribution is 5.84. The van der Waals surface area contributed by atoms with Crippen molar-refractivity contribution in [2.75, 3.05) is 19.8 Å². The number of hydrogen-bond acceptors (Lipinski definition) is 6. The van der Waals surface area contributed by atoms with Crippen LogP contribution >= 0.6 is 0 Å². The smallest absolute Gasteiger partial charge is 0.189 e. The van der Waals surface area contributed by atoms with Gasteiger partial charge < -0.3 is 25.2 Å². The molecule has 3 atom stereocenters. The van der Waals surface area contributed by atoms with Crippen molar-refractivity contribution in [1.29, 1.82) is 0 Å². The minimum atomic E-state index is -1.74. The zero-order valence-electron chi connectivity index (χ0n) is 20.7. The van der Waals surface area contributed by atoms with Crippen LogP contribution in [0, 0.1) is 0 Å². The normalized spacial score (nSPS) is 14.4. The van der Waals surface area contributed by atoms with Gasteiger partial charge in [-0.2, -0.15) is 0 Å². The quantitative estimate of drug-likeness (QED) is 0.147. The molecule has 0 saturated carbocycles. The van der Waals surface area contributed by atoms with Crippen molar-refractivity contribution in [3.05, 3.63) is 0 Å². The summed E-state index contributed by atoms with van der Waals surface area (Å²) >= 11 is 0. The standard InChI is InChI=1S/C26H52O6/c1-2-3-4-5-6-7-8-9-10-11-12-13-14-15-16-17-18-19-20-32-22-24(29)26(31)25(30)23(28)21-27/h23,25-28,30-31H,2-22H2,1H3/t23-,25-,26-/m1/s1. The Morgan fingerprint density at radius 1 is 0.656 bits per heavy atom. The summed E-state index contributed by atoms with van der Waals surface area (Å²) in [6, 6.07) is 0. The zero-order valence-corrected chi connectivity index (χ0v) is 20.7. The Morgan fingerprint density at radius 3 is 1.41 bits per heavy atom. The van der Waals surface area contributed by atoms with Crippen LogP contribution in [0.25, 0.3) is 0 Å². The summed E-state index contributed by atoms with van der Waals surface area (Å²) in [7, 11) is 0. The van der Waals surface area contributed by atoms with Crippen LogP contribution in [0.2, 0.25) is 0 Å². The summed E-state index contributed by atoms with van der Waals surface area (Å²) in [6.07, 6.45) is 18.7. The number of Topliss-reactive ketones (excluding diaryl/α,β-unsaturated/α-hetero) is 1. The van der Waals surface area contributed by atoms with Crippen LogP contribution in [0.1, 0.15) is 122 Å². The molecule has 0 bridgehead atoms. The average Bonchev–Trinajstić information content (AvgIpc) is 2.81. The molecule has 4 N–H and O–H groups in total. The molecule has 0 aliphatic rings. The van der Waals surface area contributed by atoms with E-state index < -0.39 is 30.7 Å². The fourth-order valence-corrected chi connectivity index (χ4v) is 3.87. The Bertz CT molecular complexity index is 404. The molecular weight excluding hydrogens is 408 g/mol. The first-order chi connectivity index (χ1) is 15.5. The summed E-state index contributed by atoms with van der Waals surface area (Å²) in [5, 5.41) is 37.0. The van der Waals surface area contributed by atoms with Gasteiger partial charge in [-0.05, 0) is 6.42 Å². The van der Waals surface area contributed by atoms with Gasteiger partial charge in [-0.25, -0.2) is 0 Å². The maximum absolute atomic E-state index is 11.7. The largest absolute Gasteiger partial charge is 0.394 e. The van der Waals surface area contributed by atoms with Gasteiger partial charge in [-0.1, -0.05) is 116 Å². The lowest BCUT2D eigenvalue weighted by Crippen LogP contribution is -2.45. The van der Waals surface area contributed by atoms with E-state index in [0.717, 1.165) is 12.8 Å². The molecule has 32 heavy (non-hydrogen) atoms. The second-order valence-electron chi connectivity index (χ2n) is 9.21. The number of rotatable bonds is 25. The first kappa shape index (κ1) is 31.5. The van der Waals surface area contributed by atoms with E-state index in [1.54, 1.807) is 0 Å². The molecule has 0 aromatic carbocycles. The molecule has 0 spiro atoms. The van der Waals surface area contributed by atoms with E-state index in [1.165, 1.54) is 103 Å². The zero-order chi connectivity index (χ0) is 23.9. The fraction of sp³-hybridized carbons (Fsp3) is 0.962. The molecule has 0 heterocycles. The molecule has 0 aromatic rings. The van der Waals surface area contributed by atoms with Crippen LogP contribution in [0.5, 0.6) is 0 Å². The van der Waals surface area contributed by atoms with Crippen LogP contribution in [0.4, 0.5) is 0 Å². The monoisotopic (exact) mass is 460 g/mol. The van der Waals surface area contributed by atoms with Gasteiger partial charge >= 0.3 is 0 Å². The van der Waals surface area contributed by atoms with Gasteiger partial charge in [0.15, 0.2) is 5.78 Å². The maximum atomic E-state index is 11.7. The highest BCUT2D eigenvalue weighted by atomic mass is 16.5. The minimum Gasteiger partial charge on any atom is -0.394 e. The van der Waals surface area contributed by atoms with Crippen molar-refractivity contribution in [2.24, 2.45) is 0 Å². The van der Waals surface area contributed by atoms with Crippen LogP contribution in [0.15, 0.2) is 0 Å². The van der Waals surface area contributed by atoms with Gasteiger partial charge in [-0.3, -0.25) is 4.79 Å². The lowest BCUT2D eigenvalue weighted by atomic mass is 10.0. The predicted octanol–water partition coefficient (Wildman–Crippen LogP) is 4.69. The van der Waals surface area contributed by atoms with Crippen molar-refractivity contribution in [3.63, 3.8) is 0 Å². The molecular formula is C26H52O6. The van der Waals surface area contributed by atoms with Crippen LogP contribution in [-0.4, -0.2) is 64.3 Å². The fourth-order valence-electron chi connectivity index (χ4n) is 3.87. The van der Waals surface area contributed by atoms with Crippen LogP contribution in [-0.2, 0) is 9.53 Å². The molecule has 0 fully saturated rings. The summed E-state index contributed by atoms with van der Waals surface area (Å²) in [5.41, 5.74) is 0. The van der Waals surface area contributed by atoms with Crippen molar-refractivity contribution in [1.82, 2.24) is 0 Å². The van der Waals surface area contributed by atoms with Gasteiger partial charge in [0, 0.05) is 6.61 Å². The lowest BCUT2D eigenvalue weighted by Gasteiger charge is -2.20. The number of hydrogen-bond donors (Lipinski definition) is 4. The average molecular weight is 461 g/mol. The molecule has 0 aliphatic carbocycles. The third-order valence-electron chi connectivity index (χ3n) is 6.12. The van der Waals surface area contributed by atoms with E-state index in [9.17, 15) is 20.1 Å². The van der Waals surface area contributed by atoms with Crippen LogP contribution < -0.4 is 0 Å². The lowest BCUT2D eigenvalue weighted by molar-refractivity contribution is -0.144. The molecule has 6 heteroatoms. The molecule has 192 valence electrons. The Hall–Kier alpha value is -0.530. The summed E-state index contributed by atoms with van der Waals surface area (Å²) in [5.74, 6) is -0.688. The van der Waals surface area contributed by atoms with Gasteiger partial charge in [-0.15, -0.1) is 0 Å². The number of aliphatic hydroxyl groups is 4. The predicted molar refractivity (Wildman–Crippen MR) is 130 cm³/mol. The summed E-state index contributed by atoms with van der Waals surface area (Å²) < 4.78 is 5.24. The Balaban J connectivity index is 3.27. The number of aliphatic hydroxyl groups excluding tert-OH is 4. The number of carbonyl (C=O) groups excluding carboxylic acids is 1. The Labute approximate surface area is 196 Å². The number of carbonyl (C=O) groups is 1. The number of ether oxygens (including phenoxy) is 1. The van der Waals surface area contributed by atoms with Crippen molar-refractivity contribution in [2.45, 2.75) is 141 Å². The Morgan fingerprint density at radius 2 is 1.03 bits per heavy atom. The van der Waals surface area contributed by atoms with Crippen LogP contribution in [0.3, 0.4) is 0 Å². The molecule has 0 radical (unpaired) electrons. The molecule has 0 aromatic heterocycles. The molecule has 0 saturated heterocycles. The summed E-state index contributed by atoms with van der Waals surface area (Å²) in [6.45, 7) is 1.70. The second-order valence-corrected chi connectivity index (χ2v) is 9.21. The van der Waals surface area contributed by atoms with E-state index in [4.69, 9.17) is 9.84 Å². The van der Waals surface area contributed by atoms with Crippen molar-refractivity contribution < 1.29 is 30.0 Å². The van der Waals surface area contributed by atoms with Gasteiger partial charge in [0.2, 0.25) is 0 Å². The van der Waals surface area contributed by atoms with E-state index in [-0.39, 0.29) is 6.61 Å². The molecule has 6 nitrogen and oxygen atoms in total. The topological polar surface area (TPSA) is 107 Å². The van der Waals surface area contributed by atoms with Crippen molar-refractivity contribution in [3.8, 4) is 0 Å². The third kappa shape index (κ3) is 19.0. The number of unbranched alkanes of at least 4 members (excludes halogenated alkanes) is 17. The highest BCUT2D eigenvalue weighted by Crippen LogP contribution is 2.14. The SMILES string of the molecule is CCCCCCCCCCCCCCCCCCCCOCC(=O)[C@@H](O)[C@H](O)[C@H](O)CO. The Kier molecular flexibility index (Phi) is 23.2. The summed E-state index contributed by atoms with van der Waals surface area (Å²) in [4.78, 5) is 11.7. The molecule has 0 aliphatic heterocycles. The van der Waals surface area contributed by atoms with Gasteiger partial charge in [0.1, 0.15) is 24.9 Å².